The SMILES string of the molecule is CCC(C)C1NC(C)N(C(C)CCC(C)C)C1=O. The molecule has 1 N–H and O–H groups in total. The van der Waals surface area contributed by atoms with Gasteiger partial charge in [-0.1, -0.05) is 34.1 Å². The molecule has 3 nitrogen and oxygen atoms in total. The van der Waals surface area contributed by atoms with E-state index in [0.29, 0.717) is 23.8 Å². The van der Waals surface area contributed by atoms with E-state index in [1.54, 1.807) is 0 Å². The second-order valence-electron chi connectivity index (χ2n) is 6.27. The van der Waals surface area contributed by atoms with Crippen molar-refractivity contribution in [2.45, 2.75) is 79.1 Å². The van der Waals surface area contributed by atoms with Gasteiger partial charge in [-0.05, 0) is 38.5 Å². The first kappa shape index (κ1) is 15.5. The van der Waals surface area contributed by atoms with Crippen LogP contribution in [0.1, 0.15) is 60.8 Å². The predicted molar refractivity (Wildman–Crippen MR) is 76.2 cm³/mol. The molecule has 18 heavy (non-hydrogen) atoms. The lowest BCUT2D eigenvalue weighted by Crippen LogP contribution is -2.41. The first-order chi connectivity index (χ1) is 8.38. The second kappa shape index (κ2) is 6.55. The lowest BCUT2D eigenvalue weighted by Gasteiger charge is -2.29. The second-order valence-corrected chi connectivity index (χ2v) is 6.27. The van der Waals surface area contributed by atoms with Gasteiger partial charge in [0.25, 0.3) is 0 Å². The fourth-order valence-corrected chi connectivity index (χ4v) is 2.72. The minimum atomic E-state index is 0.0199. The van der Waals surface area contributed by atoms with E-state index in [-0.39, 0.29) is 12.2 Å². The normalized spacial score (nSPS) is 27.9. The maximum Gasteiger partial charge on any atom is 0.241 e. The fraction of sp³-hybridized carbons (Fsp3) is 0.933. The molecule has 4 atom stereocenters. The molecule has 1 aliphatic heterocycles. The Kier molecular flexibility index (Phi) is 5.64. The van der Waals surface area contributed by atoms with Crippen LogP contribution in [0, 0.1) is 11.8 Å². The lowest BCUT2D eigenvalue weighted by atomic mass is 9.98. The smallest absolute Gasteiger partial charge is 0.241 e. The molecule has 0 aromatic heterocycles. The van der Waals surface area contributed by atoms with E-state index >= 15 is 0 Å². The zero-order valence-electron chi connectivity index (χ0n) is 12.9. The number of carbonyl (C=O) groups is 1. The van der Waals surface area contributed by atoms with E-state index in [9.17, 15) is 4.79 Å². The van der Waals surface area contributed by atoms with Crippen LogP contribution in [-0.4, -0.2) is 29.1 Å². The van der Waals surface area contributed by atoms with E-state index in [1.807, 2.05) is 0 Å². The minimum absolute atomic E-state index is 0.0199. The van der Waals surface area contributed by atoms with Gasteiger partial charge in [0.05, 0.1) is 12.2 Å². The summed E-state index contributed by atoms with van der Waals surface area (Å²) < 4.78 is 0. The summed E-state index contributed by atoms with van der Waals surface area (Å²) in [5.74, 6) is 1.43. The molecular formula is C15H30N2O. The zero-order valence-corrected chi connectivity index (χ0v) is 12.9. The number of nitrogens with one attached hydrogen (secondary N) is 1. The van der Waals surface area contributed by atoms with Crippen molar-refractivity contribution < 1.29 is 4.79 Å². The highest BCUT2D eigenvalue weighted by Gasteiger charge is 2.40. The molecule has 3 heteroatoms. The number of nitrogens with zero attached hydrogens (tertiary/aromatic N) is 1. The van der Waals surface area contributed by atoms with Crippen molar-refractivity contribution >= 4 is 5.91 Å². The Labute approximate surface area is 112 Å². The van der Waals surface area contributed by atoms with Gasteiger partial charge in [-0.3, -0.25) is 10.1 Å². The third-order valence-corrected chi connectivity index (χ3v) is 4.21. The van der Waals surface area contributed by atoms with E-state index in [0.717, 1.165) is 12.8 Å². The maximum atomic E-state index is 12.5. The van der Waals surface area contributed by atoms with Gasteiger partial charge in [-0.25, -0.2) is 0 Å². The van der Waals surface area contributed by atoms with Gasteiger partial charge in [0, 0.05) is 6.04 Å². The van der Waals surface area contributed by atoms with Gasteiger partial charge < -0.3 is 4.90 Å². The van der Waals surface area contributed by atoms with Crippen molar-refractivity contribution in [3.8, 4) is 0 Å². The summed E-state index contributed by atoms with van der Waals surface area (Å²) in [6.45, 7) is 13.1. The number of hydrogen-bond donors (Lipinski definition) is 1. The summed E-state index contributed by atoms with van der Waals surface area (Å²) in [6.07, 6.45) is 3.51. The zero-order chi connectivity index (χ0) is 13.9. The molecule has 1 amide bonds. The van der Waals surface area contributed by atoms with Gasteiger partial charge in [0.15, 0.2) is 0 Å². The molecular weight excluding hydrogens is 224 g/mol. The molecule has 1 saturated heterocycles. The number of carbonyl (C=O) groups excluding carboxylic acids is 1. The van der Waals surface area contributed by atoms with Crippen molar-refractivity contribution in [2.75, 3.05) is 0 Å². The van der Waals surface area contributed by atoms with Gasteiger partial charge in [-0.15, -0.1) is 0 Å². The minimum Gasteiger partial charge on any atom is -0.323 e. The summed E-state index contributed by atoms with van der Waals surface area (Å²) in [4.78, 5) is 14.5. The van der Waals surface area contributed by atoms with Crippen molar-refractivity contribution in [3.05, 3.63) is 0 Å². The Bertz CT molecular complexity index is 278. The van der Waals surface area contributed by atoms with E-state index in [4.69, 9.17) is 0 Å². The molecule has 0 aromatic rings. The molecule has 0 aliphatic carbocycles. The van der Waals surface area contributed by atoms with Gasteiger partial charge in [0.1, 0.15) is 0 Å². The molecule has 1 aliphatic rings. The Hall–Kier alpha value is -0.570. The average Bonchev–Trinajstić information content (AvgIpc) is 2.61. The molecule has 1 fully saturated rings. The first-order valence-electron chi connectivity index (χ1n) is 7.46. The Morgan fingerprint density at radius 2 is 1.83 bits per heavy atom. The summed E-state index contributed by atoms with van der Waals surface area (Å²) in [6, 6.07) is 0.364. The molecule has 0 aromatic carbocycles. The average molecular weight is 254 g/mol. The quantitative estimate of drug-likeness (QED) is 0.790. The summed E-state index contributed by atoms with van der Waals surface area (Å²) in [7, 11) is 0. The summed E-state index contributed by atoms with van der Waals surface area (Å²) in [5.41, 5.74) is 0. The van der Waals surface area contributed by atoms with Crippen LogP contribution in [0.15, 0.2) is 0 Å². The first-order valence-corrected chi connectivity index (χ1v) is 7.46. The van der Waals surface area contributed by atoms with E-state index < -0.39 is 0 Å². The fourth-order valence-electron chi connectivity index (χ4n) is 2.72. The van der Waals surface area contributed by atoms with Crippen LogP contribution in [0.4, 0.5) is 0 Å². The molecule has 4 unspecified atom stereocenters. The number of amides is 1. The summed E-state index contributed by atoms with van der Waals surface area (Å²) in [5, 5.41) is 3.45. The molecule has 1 heterocycles. The van der Waals surface area contributed by atoms with Crippen molar-refractivity contribution in [1.82, 2.24) is 10.2 Å². The third-order valence-electron chi connectivity index (χ3n) is 4.21. The highest BCUT2D eigenvalue weighted by Crippen LogP contribution is 2.23. The Morgan fingerprint density at radius 3 is 2.33 bits per heavy atom. The van der Waals surface area contributed by atoms with Crippen LogP contribution in [0.5, 0.6) is 0 Å². The Balaban J connectivity index is 2.63. The van der Waals surface area contributed by atoms with Crippen LogP contribution in [0.25, 0.3) is 0 Å². The van der Waals surface area contributed by atoms with E-state index in [2.05, 4.69) is 51.8 Å². The topological polar surface area (TPSA) is 32.3 Å². The predicted octanol–water partition coefficient (Wildman–Crippen LogP) is 3.00. The van der Waals surface area contributed by atoms with Crippen molar-refractivity contribution in [3.63, 3.8) is 0 Å². The largest absolute Gasteiger partial charge is 0.323 e. The third kappa shape index (κ3) is 3.47. The van der Waals surface area contributed by atoms with Crippen LogP contribution in [0.2, 0.25) is 0 Å². The van der Waals surface area contributed by atoms with Crippen LogP contribution in [-0.2, 0) is 4.79 Å². The van der Waals surface area contributed by atoms with Crippen molar-refractivity contribution in [1.29, 1.82) is 0 Å². The monoisotopic (exact) mass is 254 g/mol. The molecule has 0 saturated carbocycles. The highest BCUT2D eigenvalue weighted by molar-refractivity contribution is 5.84. The number of hydrogen-bond acceptors (Lipinski definition) is 2. The van der Waals surface area contributed by atoms with E-state index in [1.165, 1.54) is 6.42 Å². The molecule has 0 spiro atoms. The molecule has 0 bridgehead atoms. The highest BCUT2D eigenvalue weighted by atomic mass is 16.2. The van der Waals surface area contributed by atoms with Gasteiger partial charge in [-0.2, -0.15) is 0 Å². The van der Waals surface area contributed by atoms with Crippen LogP contribution < -0.4 is 5.32 Å². The van der Waals surface area contributed by atoms with Gasteiger partial charge >= 0.3 is 0 Å². The molecule has 1 rings (SSSR count). The number of rotatable bonds is 6. The Morgan fingerprint density at radius 1 is 1.22 bits per heavy atom. The summed E-state index contributed by atoms with van der Waals surface area (Å²) >= 11 is 0. The van der Waals surface area contributed by atoms with Crippen molar-refractivity contribution in [2.24, 2.45) is 11.8 Å². The van der Waals surface area contributed by atoms with Crippen LogP contribution >= 0.6 is 0 Å². The molecule has 106 valence electrons. The van der Waals surface area contributed by atoms with Gasteiger partial charge in [0.2, 0.25) is 5.91 Å². The standard InChI is InChI=1S/C15H30N2O/c1-7-11(4)14-15(18)17(13(6)16-14)12(5)9-8-10(2)3/h10-14,16H,7-9H2,1-6H3. The molecule has 0 radical (unpaired) electrons. The maximum absolute atomic E-state index is 12.5. The van der Waals surface area contributed by atoms with Crippen LogP contribution in [0.3, 0.4) is 0 Å². The lowest BCUT2D eigenvalue weighted by molar-refractivity contribution is -0.132.